The molecule has 0 aliphatic heterocycles. The fourth-order valence-electron chi connectivity index (χ4n) is 9.77. The van der Waals surface area contributed by atoms with E-state index in [4.69, 9.17) is 18.9 Å². The molecule has 0 radical (unpaired) electrons. The minimum Gasteiger partial charge on any atom is -0.545 e. The topological polar surface area (TPSA) is 111 Å². The molecule has 0 aromatic carbocycles. The lowest BCUT2D eigenvalue weighted by Gasteiger charge is -2.26. The van der Waals surface area contributed by atoms with Gasteiger partial charge in [-0.25, -0.2) is 0 Å². The van der Waals surface area contributed by atoms with E-state index in [1.807, 2.05) is 21.1 Å². The van der Waals surface area contributed by atoms with Gasteiger partial charge in [-0.1, -0.05) is 300 Å². The number of aliphatic carboxylic acids is 1. The van der Waals surface area contributed by atoms with E-state index in [9.17, 15) is 19.5 Å². The molecular weight excluding hydrogens is 971 g/mol. The van der Waals surface area contributed by atoms with Crippen molar-refractivity contribution in [2.24, 2.45) is 0 Å². The molecule has 2 atom stereocenters. The summed E-state index contributed by atoms with van der Waals surface area (Å²) in [6, 6.07) is 0. The predicted molar refractivity (Wildman–Crippen MR) is 329 cm³/mol. The highest BCUT2D eigenvalue weighted by molar-refractivity contribution is 5.70. The average Bonchev–Trinajstić information content (AvgIpc) is 3.41. The summed E-state index contributed by atoms with van der Waals surface area (Å²) in [7, 11) is 5.91. The van der Waals surface area contributed by atoms with E-state index in [-0.39, 0.29) is 38.6 Å². The SMILES string of the molecule is CC/C=C\C/C=C\C/C=C\C/C=C\CCCCC(=O)OC(COC(=O)CCCCCCCCCCCCCCCCCCCCCCCCCCCCCCCCCCCCCCCC)COC(OCC[N+](C)(C)C)C(=O)[O-]. The molecule has 0 N–H and O–H groups in total. The van der Waals surface area contributed by atoms with Crippen molar-refractivity contribution < 1.29 is 42.9 Å². The second-order valence-corrected chi connectivity index (χ2v) is 23.7. The van der Waals surface area contributed by atoms with Crippen LogP contribution < -0.4 is 5.11 Å². The van der Waals surface area contributed by atoms with E-state index in [2.05, 4.69) is 62.5 Å². The first kappa shape index (κ1) is 75.2. The molecule has 0 saturated carbocycles. The Morgan fingerprint density at radius 1 is 0.397 bits per heavy atom. The molecule has 0 aliphatic carbocycles. The predicted octanol–water partition coefficient (Wildman–Crippen LogP) is 18.9. The van der Waals surface area contributed by atoms with Crippen molar-refractivity contribution in [3.63, 3.8) is 0 Å². The Morgan fingerprint density at radius 2 is 0.731 bits per heavy atom. The van der Waals surface area contributed by atoms with Crippen LogP contribution in [0, 0.1) is 0 Å². The zero-order chi connectivity index (χ0) is 56.9. The number of nitrogens with zero attached hydrogens (tertiary/aromatic N) is 1. The largest absolute Gasteiger partial charge is 0.545 e. The number of carbonyl (C=O) groups excluding carboxylic acids is 3. The smallest absolute Gasteiger partial charge is 0.306 e. The third-order valence-electron chi connectivity index (χ3n) is 14.8. The average molecular weight is 1100 g/mol. The number of likely N-dealkylation sites (N-methyl/N-ethyl adjacent to an activating group) is 1. The third kappa shape index (κ3) is 60.9. The summed E-state index contributed by atoms with van der Waals surface area (Å²) in [4.78, 5) is 37.3. The number of allylic oxidation sites excluding steroid dienone is 8. The van der Waals surface area contributed by atoms with Gasteiger partial charge in [-0.3, -0.25) is 9.59 Å². The van der Waals surface area contributed by atoms with Gasteiger partial charge < -0.3 is 33.3 Å². The van der Waals surface area contributed by atoms with Crippen molar-refractivity contribution >= 4 is 17.9 Å². The summed E-state index contributed by atoms with van der Waals surface area (Å²) in [5, 5.41) is 11.8. The highest BCUT2D eigenvalue weighted by Gasteiger charge is 2.22. The first-order chi connectivity index (χ1) is 38.1. The molecule has 9 heteroatoms. The molecule has 2 unspecified atom stereocenters. The van der Waals surface area contributed by atoms with Crippen LogP contribution in [0.25, 0.3) is 0 Å². The number of rotatable bonds is 62. The molecule has 0 rings (SSSR count). The van der Waals surface area contributed by atoms with E-state index >= 15 is 0 Å². The molecule has 0 saturated heterocycles. The number of unbranched alkanes of at least 4 members (excludes halogenated alkanes) is 39. The van der Waals surface area contributed by atoms with Gasteiger partial charge in [0.2, 0.25) is 0 Å². The first-order valence-electron chi connectivity index (χ1n) is 33.3. The molecule has 0 bridgehead atoms. The second-order valence-electron chi connectivity index (χ2n) is 23.7. The van der Waals surface area contributed by atoms with E-state index in [0.717, 1.165) is 57.8 Å². The van der Waals surface area contributed by atoms with Gasteiger partial charge in [-0.05, 0) is 51.4 Å². The summed E-state index contributed by atoms with van der Waals surface area (Å²) < 4.78 is 22.7. The van der Waals surface area contributed by atoms with Crippen molar-refractivity contribution in [2.45, 2.75) is 328 Å². The number of hydrogen-bond acceptors (Lipinski definition) is 8. The number of ether oxygens (including phenoxy) is 4. The van der Waals surface area contributed by atoms with Crippen molar-refractivity contribution in [2.75, 3.05) is 47.5 Å². The highest BCUT2D eigenvalue weighted by atomic mass is 16.7. The lowest BCUT2D eigenvalue weighted by molar-refractivity contribution is -0.870. The van der Waals surface area contributed by atoms with E-state index < -0.39 is 24.3 Å². The van der Waals surface area contributed by atoms with Crippen LogP contribution in [0.3, 0.4) is 0 Å². The van der Waals surface area contributed by atoms with Crippen LogP contribution in [0.1, 0.15) is 316 Å². The van der Waals surface area contributed by atoms with Crippen LogP contribution >= 0.6 is 0 Å². The number of carboxylic acid groups (broad SMARTS) is 1. The highest BCUT2D eigenvalue weighted by Crippen LogP contribution is 2.18. The van der Waals surface area contributed by atoms with E-state index in [0.29, 0.717) is 17.4 Å². The maximum Gasteiger partial charge on any atom is 0.306 e. The minimum atomic E-state index is -1.63. The Bertz CT molecular complexity index is 1420. The van der Waals surface area contributed by atoms with Crippen molar-refractivity contribution in [3.05, 3.63) is 48.6 Å². The Labute approximate surface area is 482 Å². The molecule has 0 amide bonds. The van der Waals surface area contributed by atoms with Gasteiger partial charge in [0.1, 0.15) is 13.2 Å². The van der Waals surface area contributed by atoms with Crippen molar-refractivity contribution in [1.29, 1.82) is 0 Å². The number of esters is 2. The Morgan fingerprint density at radius 3 is 1.09 bits per heavy atom. The minimum absolute atomic E-state index is 0.140. The summed E-state index contributed by atoms with van der Waals surface area (Å²) in [5.74, 6) is -2.33. The second kappa shape index (κ2) is 60.3. The van der Waals surface area contributed by atoms with Crippen LogP contribution in [0.4, 0.5) is 0 Å². The van der Waals surface area contributed by atoms with Crippen molar-refractivity contribution in [3.8, 4) is 0 Å². The van der Waals surface area contributed by atoms with Crippen LogP contribution in [0.2, 0.25) is 0 Å². The maximum absolute atomic E-state index is 12.8. The number of hydrogen-bond donors (Lipinski definition) is 0. The molecule has 0 heterocycles. The standard InChI is InChI=1S/C69H127NO8/c1-6-8-10-12-14-16-18-20-22-23-24-25-26-27-28-29-30-31-32-33-34-35-36-37-38-39-40-41-42-43-44-46-47-49-51-53-55-57-59-66(71)76-63-65(64-77-69(68(73)74)75-62-61-70(3,4)5)78-67(72)60-58-56-54-52-50-48-45-21-19-17-15-13-11-9-7-2/h9,11,15,17,21,45,50,52,65,69H,6-8,10,12-14,16,18-20,22-44,46-49,51,53-64H2,1-5H3/b11-9-,17-15-,45-21-,52-50-. The van der Waals surface area contributed by atoms with Gasteiger partial charge in [0.05, 0.1) is 40.3 Å². The van der Waals surface area contributed by atoms with Gasteiger partial charge in [0.25, 0.3) is 0 Å². The maximum atomic E-state index is 12.8. The Balaban J connectivity index is 3.94. The molecule has 78 heavy (non-hydrogen) atoms. The van der Waals surface area contributed by atoms with Gasteiger partial charge in [0, 0.05) is 12.8 Å². The fraction of sp³-hybridized carbons (Fsp3) is 0.841. The van der Waals surface area contributed by atoms with Crippen LogP contribution in [-0.2, 0) is 33.3 Å². The monoisotopic (exact) mass is 1100 g/mol. The van der Waals surface area contributed by atoms with Gasteiger partial charge >= 0.3 is 11.9 Å². The normalized spacial score (nSPS) is 13.0. The Kier molecular flexibility index (Phi) is 58.2. The number of carbonyl (C=O) groups is 3. The number of quaternary nitrogens is 1. The third-order valence-corrected chi connectivity index (χ3v) is 14.8. The molecular formula is C69H127NO8. The zero-order valence-electron chi connectivity index (χ0n) is 52.0. The summed E-state index contributed by atoms with van der Waals surface area (Å²) in [5.41, 5.74) is 0. The molecule has 0 aromatic heterocycles. The molecule has 9 nitrogen and oxygen atoms in total. The summed E-state index contributed by atoms with van der Waals surface area (Å²) >= 11 is 0. The number of carboxylic acids is 1. The quantitative estimate of drug-likeness (QED) is 0.0195. The zero-order valence-corrected chi connectivity index (χ0v) is 52.0. The van der Waals surface area contributed by atoms with Gasteiger partial charge in [-0.15, -0.1) is 0 Å². The molecule has 0 fully saturated rings. The first-order valence-corrected chi connectivity index (χ1v) is 33.3. The lowest BCUT2D eigenvalue weighted by Crippen LogP contribution is -2.44. The molecule has 0 aliphatic rings. The van der Waals surface area contributed by atoms with Crippen LogP contribution in [0.15, 0.2) is 48.6 Å². The molecule has 456 valence electrons. The van der Waals surface area contributed by atoms with Crippen molar-refractivity contribution in [1.82, 2.24) is 0 Å². The summed E-state index contributed by atoms with van der Waals surface area (Å²) in [6.07, 6.45) is 73.8. The fourth-order valence-corrected chi connectivity index (χ4v) is 9.77. The lowest BCUT2D eigenvalue weighted by atomic mass is 10.0. The van der Waals surface area contributed by atoms with Gasteiger partial charge in [-0.2, -0.15) is 0 Å². The van der Waals surface area contributed by atoms with E-state index in [1.54, 1.807) is 0 Å². The molecule has 0 spiro atoms. The summed E-state index contributed by atoms with van der Waals surface area (Å²) in [6.45, 7) is 4.62. The molecule has 0 aromatic rings. The van der Waals surface area contributed by atoms with Gasteiger partial charge in [0.15, 0.2) is 12.4 Å². The Hall–Kier alpha value is -2.75. The van der Waals surface area contributed by atoms with Crippen LogP contribution in [0.5, 0.6) is 0 Å². The van der Waals surface area contributed by atoms with E-state index in [1.165, 1.54) is 225 Å². The van der Waals surface area contributed by atoms with Crippen LogP contribution in [-0.4, -0.2) is 82.3 Å².